The van der Waals surface area contributed by atoms with E-state index in [9.17, 15) is 0 Å². The van der Waals surface area contributed by atoms with Gasteiger partial charge in [-0.2, -0.15) is 5.10 Å². The fraction of sp³-hybridized carbons (Fsp3) is 0.200. The Labute approximate surface area is 111 Å². The van der Waals surface area contributed by atoms with Crippen LogP contribution in [0.5, 0.6) is 5.88 Å². The number of hydrogen-bond acceptors (Lipinski definition) is 3. The molecule has 3 aromatic rings. The van der Waals surface area contributed by atoms with E-state index in [2.05, 4.69) is 22.1 Å². The number of rotatable bonds is 3. The molecule has 0 aliphatic rings. The average Bonchev–Trinajstić information content (AvgIpc) is 2.74. The average molecular weight is 253 g/mol. The Morgan fingerprint density at radius 3 is 2.74 bits per heavy atom. The number of hydrogen-bond donors (Lipinski definition) is 1. The van der Waals surface area contributed by atoms with Gasteiger partial charge in [0.15, 0.2) is 0 Å². The Bertz CT molecular complexity index is 704. The fourth-order valence-corrected chi connectivity index (χ4v) is 2.08. The van der Waals surface area contributed by atoms with E-state index in [1.165, 1.54) is 5.56 Å². The van der Waals surface area contributed by atoms with Gasteiger partial charge >= 0.3 is 0 Å². The van der Waals surface area contributed by atoms with Crippen LogP contribution in [0.3, 0.4) is 0 Å². The summed E-state index contributed by atoms with van der Waals surface area (Å²) in [6.07, 6.45) is 1.77. The number of fused-ring (bicyclic) bond motifs is 1. The molecule has 0 radical (unpaired) electrons. The predicted molar refractivity (Wildman–Crippen MR) is 74.1 cm³/mol. The molecule has 1 aromatic carbocycles. The SMILES string of the molecule is Cc1[nH]c2c(OCc3ccccc3)nncc2c1C. The summed E-state index contributed by atoms with van der Waals surface area (Å²) < 4.78 is 5.77. The molecule has 0 atom stereocenters. The zero-order valence-corrected chi connectivity index (χ0v) is 11.0. The number of nitrogens with zero attached hydrogens (tertiary/aromatic N) is 2. The topological polar surface area (TPSA) is 50.8 Å². The maximum atomic E-state index is 5.77. The number of nitrogens with one attached hydrogen (secondary N) is 1. The van der Waals surface area contributed by atoms with Crippen molar-refractivity contribution in [1.29, 1.82) is 0 Å². The molecule has 19 heavy (non-hydrogen) atoms. The van der Waals surface area contributed by atoms with Crippen LogP contribution in [-0.2, 0) is 6.61 Å². The lowest BCUT2D eigenvalue weighted by Gasteiger charge is -2.05. The Morgan fingerprint density at radius 1 is 1.16 bits per heavy atom. The summed E-state index contributed by atoms with van der Waals surface area (Å²) in [5.74, 6) is 0.553. The highest BCUT2D eigenvalue weighted by molar-refractivity contribution is 5.87. The molecular formula is C15H15N3O. The molecule has 0 saturated heterocycles. The van der Waals surface area contributed by atoms with E-state index in [4.69, 9.17) is 4.74 Å². The number of aryl methyl sites for hydroxylation is 2. The van der Waals surface area contributed by atoms with Crippen LogP contribution in [0.25, 0.3) is 10.9 Å². The molecule has 0 aliphatic heterocycles. The third-order valence-electron chi connectivity index (χ3n) is 3.32. The van der Waals surface area contributed by atoms with Crippen molar-refractivity contribution in [3.8, 4) is 5.88 Å². The Kier molecular flexibility index (Phi) is 2.91. The molecule has 4 heteroatoms. The molecule has 4 nitrogen and oxygen atoms in total. The van der Waals surface area contributed by atoms with Gasteiger partial charge in [0.1, 0.15) is 12.1 Å². The van der Waals surface area contributed by atoms with Gasteiger partial charge in [0.2, 0.25) is 0 Å². The van der Waals surface area contributed by atoms with Gasteiger partial charge in [-0.15, -0.1) is 5.10 Å². The first-order valence-corrected chi connectivity index (χ1v) is 6.23. The van der Waals surface area contributed by atoms with Crippen LogP contribution in [0.4, 0.5) is 0 Å². The first-order valence-electron chi connectivity index (χ1n) is 6.23. The Morgan fingerprint density at radius 2 is 1.95 bits per heavy atom. The van der Waals surface area contributed by atoms with Gasteiger partial charge < -0.3 is 9.72 Å². The van der Waals surface area contributed by atoms with Crippen LogP contribution < -0.4 is 4.74 Å². The van der Waals surface area contributed by atoms with Crippen LogP contribution in [0.1, 0.15) is 16.8 Å². The summed E-state index contributed by atoms with van der Waals surface area (Å²) >= 11 is 0. The number of benzene rings is 1. The van der Waals surface area contributed by atoms with Crippen LogP contribution in [0, 0.1) is 13.8 Å². The number of aromatic amines is 1. The highest BCUT2D eigenvalue weighted by Crippen LogP contribution is 2.26. The summed E-state index contributed by atoms with van der Waals surface area (Å²) in [6, 6.07) is 10.0. The lowest BCUT2D eigenvalue weighted by Crippen LogP contribution is -1.98. The standard InChI is InChI=1S/C15H15N3O/c1-10-11(2)17-14-13(10)8-16-18-15(14)19-9-12-6-4-3-5-7-12/h3-8,17H,9H2,1-2H3. The fourth-order valence-electron chi connectivity index (χ4n) is 2.08. The van der Waals surface area contributed by atoms with Crippen molar-refractivity contribution in [3.05, 3.63) is 53.3 Å². The molecular weight excluding hydrogens is 238 g/mol. The summed E-state index contributed by atoms with van der Waals surface area (Å²) in [4.78, 5) is 3.30. The van der Waals surface area contributed by atoms with Gasteiger partial charge in [0, 0.05) is 11.1 Å². The van der Waals surface area contributed by atoms with Crippen LogP contribution >= 0.6 is 0 Å². The second-order valence-electron chi connectivity index (χ2n) is 4.59. The van der Waals surface area contributed by atoms with Crippen molar-refractivity contribution < 1.29 is 4.74 Å². The molecule has 0 aliphatic carbocycles. The highest BCUT2D eigenvalue weighted by atomic mass is 16.5. The molecule has 0 unspecified atom stereocenters. The van der Waals surface area contributed by atoms with Gasteiger partial charge in [-0.05, 0) is 25.0 Å². The Balaban J connectivity index is 1.91. The number of ether oxygens (including phenoxy) is 1. The predicted octanol–water partition coefficient (Wildman–Crippen LogP) is 3.15. The van der Waals surface area contributed by atoms with Gasteiger partial charge in [-0.25, -0.2) is 0 Å². The molecule has 0 spiro atoms. The van der Waals surface area contributed by atoms with Gasteiger partial charge in [-0.1, -0.05) is 30.3 Å². The van der Waals surface area contributed by atoms with Crippen molar-refractivity contribution in [1.82, 2.24) is 15.2 Å². The molecule has 3 rings (SSSR count). The van der Waals surface area contributed by atoms with Gasteiger partial charge in [0.25, 0.3) is 5.88 Å². The minimum absolute atomic E-state index is 0.492. The monoisotopic (exact) mass is 253 g/mol. The van der Waals surface area contributed by atoms with Crippen LogP contribution in [-0.4, -0.2) is 15.2 Å². The van der Waals surface area contributed by atoms with Gasteiger partial charge in [0.05, 0.1) is 6.20 Å². The summed E-state index contributed by atoms with van der Waals surface area (Å²) in [6.45, 7) is 4.60. The molecule has 2 heterocycles. The maximum Gasteiger partial charge on any atom is 0.258 e. The zero-order chi connectivity index (χ0) is 13.2. The summed E-state index contributed by atoms with van der Waals surface area (Å²) in [7, 11) is 0. The number of aromatic nitrogens is 3. The minimum atomic E-state index is 0.492. The summed E-state index contributed by atoms with van der Waals surface area (Å²) in [5.41, 5.74) is 4.34. The first kappa shape index (κ1) is 11.7. The lowest BCUT2D eigenvalue weighted by atomic mass is 10.2. The van der Waals surface area contributed by atoms with Crippen molar-refractivity contribution >= 4 is 10.9 Å². The van der Waals surface area contributed by atoms with Crippen molar-refractivity contribution in [3.63, 3.8) is 0 Å². The lowest BCUT2D eigenvalue weighted by molar-refractivity contribution is 0.294. The van der Waals surface area contributed by atoms with Gasteiger partial charge in [-0.3, -0.25) is 0 Å². The van der Waals surface area contributed by atoms with E-state index >= 15 is 0 Å². The van der Waals surface area contributed by atoms with Crippen molar-refractivity contribution in [2.75, 3.05) is 0 Å². The van der Waals surface area contributed by atoms with E-state index in [-0.39, 0.29) is 0 Å². The van der Waals surface area contributed by atoms with E-state index in [1.807, 2.05) is 37.3 Å². The van der Waals surface area contributed by atoms with E-state index in [0.29, 0.717) is 12.5 Å². The quantitative estimate of drug-likeness (QED) is 0.780. The maximum absolute atomic E-state index is 5.77. The van der Waals surface area contributed by atoms with E-state index in [1.54, 1.807) is 6.20 Å². The summed E-state index contributed by atoms with van der Waals surface area (Å²) in [5, 5.41) is 9.14. The second kappa shape index (κ2) is 4.72. The minimum Gasteiger partial charge on any atom is -0.470 e. The molecule has 0 fully saturated rings. The normalized spacial score (nSPS) is 10.8. The molecule has 96 valence electrons. The molecule has 1 N–H and O–H groups in total. The molecule has 0 amide bonds. The second-order valence-corrected chi connectivity index (χ2v) is 4.59. The van der Waals surface area contributed by atoms with Crippen molar-refractivity contribution in [2.24, 2.45) is 0 Å². The van der Waals surface area contributed by atoms with E-state index in [0.717, 1.165) is 22.2 Å². The Hall–Kier alpha value is -2.36. The molecule has 2 aromatic heterocycles. The molecule has 0 saturated carbocycles. The van der Waals surface area contributed by atoms with Crippen LogP contribution in [0.2, 0.25) is 0 Å². The zero-order valence-electron chi connectivity index (χ0n) is 11.0. The molecule has 0 bridgehead atoms. The van der Waals surface area contributed by atoms with Crippen LogP contribution in [0.15, 0.2) is 36.5 Å². The third-order valence-corrected chi connectivity index (χ3v) is 3.32. The van der Waals surface area contributed by atoms with Crippen molar-refractivity contribution in [2.45, 2.75) is 20.5 Å². The largest absolute Gasteiger partial charge is 0.470 e. The highest BCUT2D eigenvalue weighted by Gasteiger charge is 2.11. The van der Waals surface area contributed by atoms with E-state index < -0.39 is 0 Å². The first-order chi connectivity index (χ1) is 9.25. The number of H-pyrrole nitrogens is 1. The third kappa shape index (κ3) is 2.17. The smallest absolute Gasteiger partial charge is 0.258 e.